The molecule has 0 saturated carbocycles. The predicted octanol–water partition coefficient (Wildman–Crippen LogP) is 3.67. The first-order valence-electron chi connectivity index (χ1n) is 5.34. The monoisotopic (exact) mass is 308 g/mol. The maximum absolute atomic E-state index is 8.57. The number of aliphatic hydroxyl groups excluding tert-OH is 1. The van der Waals surface area contributed by atoms with Gasteiger partial charge in [0.15, 0.2) is 0 Å². The van der Waals surface area contributed by atoms with Gasteiger partial charge in [0, 0.05) is 22.4 Å². The maximum Gasteiger partial charge on any atom is 0.0431 e. The Labute approximate surface area is 115 Å². The topological polar surface area (TPSA) is 20.2 Å². The van der Waals surface area contributed by atoms with E-state index in [1.54, 1.807) is 0 Å². The molecule has 0 spiro atoms. The molecule has 1 rings (SSSR count). The van der Waals surface area contributed by atoms with E-state index < -0.39 is 0 Å². The van der Waals surface area contributed by atoms with Crippen LogP contribution in [0, 0.1) is 23.0 Å². The van der Waals surface area contributed by atoms with Crippen LogP contribution in [-0.2, 0) is 0 Å². The molecule has 0 aliphatic rings. The summed E-state index contributed by atoms with van der Waals surface area (Å²) in [5.74, 6) is 8.57. The average Bonchev–Trinajstić information content (AvgIpc) is 2.35. The number of halogens is 1. The van der Waals surface area contributed by atoms with Gasteiger partial charge in [-0.1, -0.05) is 21.9 Å². The first-order valence-corrected chi connectivity index (χ1v) is 6.95. The highest BCUT2D eigenvalue weighted by atomic mass is 79.9. The molecule has 0 radical (unpaired) electrons. The molecule has 88 valence electrons. The van der Waals surface area contributed by atoms with E-state index in [2.05, 4.69) is 38.9 Å². The molecule has 0 amide bonds. The van der Waals surface area contributed by atoms with Gasteiger partial charge < -0.3 is 5.11 Å². The number of hydrogen-bond donors (Lipinski definition) is 1. The van der Waals surface area contributed by atoms with Crippen LogP contribution in [0.25, 0.3) is 0 Å². The van der Waals surface area contributed by atoms with Crippen LogP contribution in [0.2, 0.25) is 0 Å². The van der Waals surface area contributed by atoms with Crippen molar-refractivity contribution in [1.29, 1.82) is 0 Å². The Hall–Kier alpha value is -0.870. The zero-order valence-corrected chi connectivity index (χ0v) is 11.8. The van der Waals surface area contributed by atoms with E-state index in [0.29, 0.717) is 0 Å². The lowest BCUT2D eigenvalue weighted by Gasteiger charge is -1.92. The molecule has 1 N–H and O–H groups in total. The number of benzene rings is 1. The summed E-state index contributed by atoms with van der Waals surface area (Å²) >= 11 is 4.86. The lowest BCUT2D eigenvalue weighted by Crippen LogP contribution is -1.80. The van der Waals surface area contributed by atoms with Gasteiger partial charge in [0.1, 0.15) is 0 Å². The molecule has 3 heteroatoms. The highest BCUT2D eigenvalue weighted by Crippen LogP contribution is 2.19. The summed E-state index contributed by atoms with van der Waals surface area (Å²) < 4.78 is 1.07. The summed E-state index contributed by atoms with van der Waals surface area (Å²) in [4.78, 5) is 1.11. The van der Waals surface area contributed by atoms with E-state index in [9.17, 15) is 0 Å². The largest absolute Gasteiger partial charge is 0.396 e. The van der Waals surface area contributed by atoms with E-state index in [0.717, 1.165) is 28.6 Å². The molecule has 0 aliphatic carbocycles. The molecule has 0 bridgehead atoms. The van der Waals surface area contributed by atoms with Crippen molar-refractivity contribution in [2.75, 3.05) is 6.61 Å². The number of rotatable bonds is 4. The Morgan fingerprint density at radius 2 is 1.88 bits per heavy atom. The molecule has 1 nitrogen and oxygen atoms in total. The number of hydrogen-bond acceptors (Lipinski definition) is 2. The lowest BCUT2D eigenvalue weighted by molar-refractivity contribution is 0.285. The molecule has 0 atom stereocenters. The Morgan fingerprint density at radius 3 is 2.59 bits per heavy atom. The van der Waals surface area contributed by atoms with Crippen molar-refractivity contribution in [3.05, 3.63) is 28.7 Å². The van der Waals surface area contributed by atoms with Crippen molar-refractivity contribution in [2.24, 2.45) is 0 Å². The number of aliphatic hydroxyl groups is 1. The minimum Gasteiger partial charge on any atom is -0.396 e. The third kappa shape index (κ3) is 7.13. The van der Waals surface area contributed by atoms with Gasteiger partial charge in [-0.05, 0) is 66.0 Å². The SMILES string of the molecule is OCCCCC#CC#CSc1ccc(Br)cc1. The molecule has 1 aromatic rings. The third-order valence-corrected chi connectivity index (χ3v) is 3.13. The highest BCUT2D eigenvalue weighted by Gasteiger charge is 1.89. The van der Waals surface area contributed by atoms with Gasteiger partial charge in [-0.25, -0.2) is 0 Å². The van der Waals surface area contributed by atoms with Gasteiger partial charge in [0.2, 0.25) is 0 Å². The van der Waals surface area contributed by atoms with Gasteiger partial charge >= 0.3 is 0 Å². The molecule has 0 heterocycles. The van der Waals surface area contributed by atoms with E-state index >= 15 is 0 Å². The minimum atomic E-state index is 0.243. The molecule has 17 heavy (non-hydrogen) atoms. The molecule has 0 aliphatic heterocycles. The zero-order valence-electron chi connectivity index (χ0n) is 9.37. The fraction of sp³-hybridized carbons (Fsp3) is 0.286. The second-order valence-electron chi connectivity index (χ2n) is 3.27. The second kappa shape index (κ2) is 9.19. The fourth-order valence-electron chi connectivity index (χ4n) is 1.04. The van der Waals surface area contributed by atoms with Crippen LogP contribution >= 0.6 is 27.7 Å². The van der Waals surface area contributed by atoms with Crippen LogP contribution < -0.4 is 0 Å². The molecule has 0 unspecified atom stereocenters. The van der Waals surface area contributed by atoms with Gasteiger partial charge in [0.05, 0.1) is 0 Å². The smallest absolute Gasteiger partial charge is 0.0431 e. The Kier molecular flexibility index (Phi) is 7.67. The van der Waals surface area contributed by atoms with Crippen LogP contribution in [0.15, 0.2) is 33.6 Å². The Morgan fingerprint density at radius 1 is 1.12 bits per heavy atom. The summed E-state index contributed by atoms with van der Waals surface area (Å²) in [6.07, 6.45) is 2.55. The van der Waals surface area contributed by atoms with Gasteiger partial charge in [-0.15, -0.1) is 0 Å². The van der Waals surface area contributed by atoms with Crippen molar-refractivity contribution in [3.8, 4) is 23.0 Å². The Balaban J connectivity index is 2.28. The van der Waals surface area contributed by atoms with E-state index in [4.69, 9.17) is 5.11 Å². The van der Waals surface area contributed by atoms with Crippen molar-refractivity contribution >= 4 is 27.7 Å². The van der Waals surface area contributed by atoms with Crippen LogP contribution in [0.3, 0.4) is 0 Å². The average molecular weight is 309 g/mol. The molecule has 0 fully saturated rings. The number of unbranched alkanes of at least 4 members (excludes halogenated alkanes) is 2. The molecule has 0 saturated heterocycles. The van der Waals surface area contributed by atoms with Crippen LogP contribution in [-0.4, -0.2) is 11.7 Å². The first kappa shape index (κ1) is 14.2. The zero-order chi connectivity index (χ0) is 12.3. The van der Waals surface area contributed by atoms with Crippen molar-refractivity contribution in [2.45, 2.75) is 24.2 Å². The van der Waals surface area contributed by atoms with E-state index in [1.165, 1.54) is 11.8 Å². The van der Waals surface area contributed by atoms with Crippen LogP contribution in [0.5, 0.6) is 0 Å². The van der Waals surface area contributed by atoms with Gasteiger partial charge in [-0.3, -0.25) is 0 Å². The standard InChI is InChI=1S/C14H13BrOS/c15-13-7-9-14(10-8-13)17-12-6-4-2-1-3-5-11-16/h7-10,16H,1,3,5,11H2. The minimum absolute atomic E-state index is 0.243. The summed E-state index contributed by atoms with van der Waals surface area (Å²) in [6, 6.07) is 8.01. The maximum atomic E-state index is 8.57. The Bertz CT molecular complexity index is 445. The molecule has 0 aromatic heterocycles. The van der Waals surface area contributed by atoms with Crippen molar-refractivity contribution < 1.29 is 5.11 Å². The fourth-order valence-corrected chi connectivity index (χ4v) is 1.80. The van der Waals surface area contributed by atoms with E-state index in [1.807, 2.05) is 24.3 Å². The summed E-state index contributed by atoms with van der Waals surface area (Å²) in [5, 5.41) is 11.5. The normalized spacial score (nSPS) is 8.82. The molecular formula is C14H13BrOS. The predicted molar refractivity (Wildman–Crippen MR) is 76.5 cm³/mol. The number of thioether (sulfide) groups is 1. The van der Waals surface area contributed by atoms with Crippen molar-refractivity contribution in [3.63, 3.8) is 0 Å². The first-order chi connectivity index (χ1) is 8.33. The molecular weight excluding hydrogens is 296 g/mol. The summed E-state index contributed by atoms with van der Waals surface area (Å²) in [6.45, 7) is 0.243. The van der Waals surface area contributed by atoms with Crippen LogP contribution in [0.4, 0.5) is 0 Å². The quantitative estimate of drug-likeness (QED) is 0.520. The van der Waals surface area contributed by atoms with Crippen molar-refractivity contribution in [1.82, 2.24) is 0 Å². The van der Waals surface area contributed by atoms with E-state index in [-0.39, 0.29) is 6.61 Å². The summed E-state index contributed by atoms with van der Waals surface area (Å²) in [5.41, 5.74) is 0. The second-order valence-corrected chi connectivity index (χ2v) is 5.06. The highest BCUT2D eigenvalue weighted by molar-refractivity contribution is 9.10. The van der Waals surface area contributed by atoms with Gasteiger partial charge in [-0.2, -0.15) is 0 Å². The van der Waals surface area contributed by atoms with Gasteiger partial charge in [0.25, 0.3) is 0 Å². The lowest BCUT2D eigenvalue weighted by atomic mass is 10.2. The third-order valence-electron chi connectivity index (χ3n) is 1.89. The molecule has 1 aromatic carbocycles. The summed E-state index contributed by atoms with van der Waals surface area (Å²) in [7, 11) is 0. The van der Waals surface area contributed by atoms with Crippen LogP contribution in [0.1, 0.15) is 19.3 Å².